The Kier molecular flexibility index (Phi) is 6.70. The molecule has 1 aromatic heterocycles. The van der Waals surface area contributed by atoms with Gasteiger partial charge in [-0.2, -0.15) is 0 Å². The highest BCUT2D eigenvalue weighted by molar-refractivity contribution is 5.93. The van der Waals surface area contributed by atoms with Crippen molar-refractivity contribution < 1.29 is 13.9 Å². The molecular formula is C18H23ClN2O3. The van der Waals surface area contributed by atoms with Gasteiger partial charge >= 0.3 is 0 Å². The molecule has 0 radical (unpaired) electrons. The van der Waals surface area contributed by atoms with Crippen molar-refractivity contribution in [3.8, 4) is 5.75 Å². The van der Waals surface area contributed by atoms with E-state index in [1.165, 1.54) is 6.26 Å². The van der Waals surface area contributed by atoms with Crippen LogP contribution in [-0.4, -0.2) is 25.0 Å². The molecule has 2 N–H and O–H groups in total. The number of piperidine rings is 1. The van der Waals surface area contributed by atoms with Gasteiger partial charge in [0, 0.05) is 18.2 Å². The summed E-state index contributed by atoms with van der Waals surface area (Å²) < 4.78 is 11.1. The zero-order chi connectivity index (χ0) is 16.1. The molecule has 1 amide bonds. The monoisotopic (exact) mass is 350 g/mol. The minimum Gasteiger partial charge on any atom is -0.489 e. The molecule has 1 aromatic carbocycles. The molecule has 0 saturated carbocycles. The molecule has 0 bridgehead atoms. The number of carbonyl (C=O) groups is 1. The molecule has 1 fully saturated rings. The summed E-state index contributed by atoms with van der Waals surface area (Å²) in [7, 11) is 0. The van der Waals surface area contributed by atoms with Gasteiger partial charge in [-0.05, 0) is 37.1 Å². The number of ether oxygens (including phenoxy) is 1. The Morgan fingerprint density at radius 1 is 1.33 bits per heavy atom. The molecule has 130 valence electrons. The molecule has 2 unspecified atom stereocenters. The van der Waals surface area contributed by atoms with E-state index in [1.807, 2.05) is 30.3 Å². The Hall–Kier alpha value is -1.98. The molecule has 5 nitrogen and oxygen atoms in total. The second-order valence-corrected chi connectivity index (χ2v) is 5.93. The summed E-state index contributed by atoms with van der Waals surface area (Å²) in [5.74, 6) is 1.38. The normalized spacial score (nSPS) is 20.0. The molecular weight excluding hydrogens is 328 g/mol. The van der Waals surface area contributed by atoms with Gasteiger partial charge in [0.1, 0.15) is 12.4 Å². The van der Waals surface area contributed by atoms with Crippen molar-refractivity contribution in [1.29, 1.82) is 0 Å². The Morgan fingerprint density at radius 3 is 2.88 bits per heavy atom. The maximum atomic E-state index is 12.5. The van der Waals surface area contributed by atoms with Crippen LogP contribution < -0.4 is 15.4 Å². The average molecular weight is 351 g/mol. The molecule has 1 aliphatic heterocycles. The van der Waals surface area contributed by atoms with Crippen LogP contribution >= 0.6 is 12.4 Å². The number of benzene rings is 1. The quantitative estimate of drug-likeness (QED) is 0.870. The van der Waals surface area contributed by atoms with E-state index >= 15 is 0 Å². The number of para-hydroxylation sites is 1. The van der Waals surface area contributed by atoms with Gasteiger partial charge < -0.3 is 19.8 Å². The first-order valence-electron chi connectivity index (χ1n) is 8.00. The van der Waals surface area contributed by atoms with E-state index in [-0.39, 0.29) is 24.4 Å². The van der Waals surface area contributed by atoms with E-state index in [2.05, 4.69) is 17.6 Å². The van der Waals surface area contributed by atoms with E-state index in [1.54, 1.807) is 6.07 Å². The smallest absolute Gasteiger partial charge is 0.287 e. The highest BCUT2D eigenvalue weighted by atomic mass is 35.5. The first-order valence-corrected chi connectivity index (χ1v) is 8.00. The van der Waals surface area contributed by atoms with Crippen molar-refractivity contribution in [1.82, 2.24) is 10.6 Å². The molecule has 0 spiro atoms. The topological polar surface area (TPSA) is 63.5 Å². The van der Waals surface area contributed by atoms with Crippen LogP contribution in [0, 0.1) is 5.92 Å². The summed E-state index contributed by atoms with van der Waals surface area (Å²) in [6.45, 7) is 4.27. The minimum absolute atomic E-state index is 0. The van der Waals surface area contributed by atoms with Gasteiger partial charge in [0.2, 0.25) is 0 Å². The van der Waals surface area contributed by atoms with Crippen molar-refractivity contribution >= 4 is 18.3 Å². The predicted molar refractivity (Wildman–Crippen MR) is 94.6 cm³/mol. The molecule has 3 rings (SSSR count). The van der Waals surface area contributed by atoms with E-state index in [9.17, 15) is 4.79 Å². The van der Waals surface area contributed by atoms with Gasteiger partial charge in [0.25, 0.3) is 5.91 Å². The number of hydrogen-bond acceptors (Lipinski definition) is 4. The number of furan rings is 1. The second-order valence-electron chi connectivity index (χ2n) is 5.93. The maximum absolute atomic E-state index is 12.5. The first kappa shape index (κ1) is 18.4. The summed E-state index contributed by atoms with van der Waals surface area (Å²) in [6.07, 6.45) is 2.59. The standard InChI is InChI=1S/C18H22N2O3.ClH/c1-13-7-9-19-11-16(13)20-18(21)17-14(8-10-22-17)12-23-15-5-3-2-4-6-15;/h2-6,8,10,13,16,19H,7,9,11-12H2,1H3,(H,20,21);1H. The largest absolute Gasteiger partial charge is 0.489 e. The summed E-state index contributed by atoms with van der Waals surface area (Å²) >= 11 is 0. The Morgan fingerprint density at radius 2 is 2.12 bits per heavy atom. The molecule has 1 aliphatic rings. The Balaban J connectivity index is 0.00000208. The zero-order valence-corrected chi connectivity index (χ0v) is 14.5. The lowest BCUT2D eigenvalue weighted by Gasteiger charge is -2.30. The van der Waals surface area contributed by atoms with Crippen LogP contribution in [0.2, 0.25) is 0 Å². The van der Waals surface area contributed by atoms with E-state index in [0.717, 1.165) is 30.8 Å². The highest BCUT2D eigenvalue weighted by Crippen LogP contribution is 2.17. The summed E-state index contributed by atoms with van der Waals surface area (Å²) in [4.78, 5) is 12.5. The van der Waals surface area contributed by atoms with Crippen molar-refractivity contribution in [2.45, 2.75) is 26.0 Å². The van der Waals surface area contributed by atoms with Crippen molar-refractivity contribution in [2.75, 3.05) is 13.1 Å². The summed E-state index contributed by atoms with van der Waals surface area (Å²) in [5.41, 5.74) is 0.753. The maximum Gasteiger partial charge on any atom is 0.287 e. The van der Waals surface area contributed by atoms with Gasteiger partial charge in [-0.3, -0.25) is 4.79 Å². The predicted octanol–water partition coefficient (Wildman–Crippen LogP) is 3.01. The lowest BCUT2D eigenvalue weighted by atomic mass is 9.95. The molecule has 2 heterocycles. The number of amides is 1. The van der Waals surface area contributed by atoms with Gasteiger partial charge in [-0.15, -0.1) is 12.4 Å². The van der Waals surface area contributed by atoms with Crippen LogP contribution in [-0.2, 0) is 6.61 Å². The van der Waals surface area contributed by atoms with Crippen molar-refractivity contribution in [3.05, 3.63) is 54.0 Å². The van der Waals surface area contributed by atoms with Crippen molar-refractivity contribution in [2.24, 2.45) is 5.92 Å². The lowest BCUT2D eigenvalue weighted by Crippen LogP contribution is -2.50. The van der Waals surface area contributed by atoms with E-state index in [0.29, 0.717) is 18.3 Å². The van der Waals surface area contributed by atoms with Crippen LogP contribution in [0.3, 0.4) is 0 Å². The first-order chi connectivity index (χ1) is 11.2. The number of nitrogens with one attached hydrogen (secondary N) is 2. The van der Waals surface area contributed by atoms with E-state index < -0.39 is 0 Å². The van der Waals surface area contributed by atoms with E-state index in [4.69, 9.17) is 9.15 Å². The number of carbonyl (C=O) groups excluding carboxylic acids is 1. The minimum atomic E-state index is -0.179. The van der Waals surface area contributed by atoms with Gasteiger partial charge in [-0.25, -0.2) is 0 Å². The fourth-order valence-corrected chi connectivity index (χ4v) is 2.74. The summed E-state index contributed by atoms with van der Waals surface area (Å²) in [6, 6.07) is 11.4. The molecule has 24 heavy (non-hydrogen) atoms. The number of rotatable bonds is 5. The van der Waals surface area contributed by atoms with Gasteiger partial charge in [-0.1, -0.05) is 25.1 Å². The Bertz CT molecular complexity index is 645. The third kappa shape index (κ3) is 4.52. The SMILES string of the molecule is CC1CCNCC1NC(=O)c1occc1COc1ccccc1.Cl. The van der Waals surface area contributed by atoms with Crippen LogP contribution in [0.15, 0.2) is 47.1 Å². The van der Waals surface area contributed by atoms with Crippen molar-refractivity contribution in [3.63, 3.8) is 0 Å². The lowest BCUT2D eigenvalue weighted by molar-refractivity contribution is 0.0883. The molecule has 1 saturated heterocycles. The zero-order valence-electron chi connectivity index (χ0n) is 13.7. The van der Waals surface area contributed by atoms with Gasteiger partial charge in [0.05, 0.1) is 6.26 Å². The highest BCUT2D eigenvalue weighted by Gasteiger charge is 2.25. The number of hydrogen-bond donors (Lipinski definition) is 2. The third-order valence-corrected chi connectivity index (χ3v) is 4.23. The third-order valence-electron chi connectivity index (χ3n) is 4.23. The van der Waals surface area contributed by atoms with Crippen LogP contribution in [0.4, 0.5) is 0 Å². The molecule has 0 aliphatic carbocycles. The van der Waals surface area contributed by atoms with Crippen LogP contribution in [0.5, 0.6) is 5.75 Å². The molecule has 2 atom stereocenters. The van der Waals surface area contributed by atoms with Crippen LogP contribution in [0.1, 0.15) is 29.5 Å². The number of halogens is 1. The molecule has 2 aromatic rings. The summed E-state index contributed by atoms with van der Waals surface area (Å²) in [5, 5.41) is 6.37. The average Bonchev–Trinajstić information content (AvgIpc) is 3.05. The fourth-order valence-electron chi connectivity index (χ4n) is 2.74. The Labute approximate surface area is 148 Å². The molecule has 6 heteroatoms. The van der Waals surface area contributed by atoms with Crippen LogP contribution in [0.25, 0.3) is 0 Å². The van der Waals surface area contributed by atoms with Gasteiger partial charge in [0.15, 0.2) is 5.76 Å². The second kappa shape index (κ2) is 8.76. The fraction of sp³-hybridized carbons (Fsp3) is 0.389.